The Kier molecular flexibility index (Phi) is 3.19. The van der Waals surface area contributed by atoms with Crippen LogP contribution in [0.1, 0.15) is 21.5 Å². The molecular formula is C9H2ClF4NO. The molecule has 1 aromatic rings. The normalized spacial score (nSPS) is 11.0. The van der Waals surface area contributed by atoms with Gasteiger partial charge in [-0.05, 0) is 23.7 Å². The lowest BCUT2D eigenvalue weighted by molar-refractivity contribution is -0.137. The molecule has 0 heterocycles. The molecule has 0 atom stereocenters. The van der Waals surface area contributed by atoms with Crippen LogP contribution in [0.15, 0.2) is 12.1 Å². The van der Waals surface area contributed by atoms with Gasteiger partial charge in [-0.25, -0.2) is 4.39 Å². The zero-order chi connectivity index (χ0) is 12.5. The molecular weight excluding hydrogens is 250 g/mol. The molecule has 1 aromatic carbocycles. The van der Waals surface area contributed by atoms with Crippen LogP contribution in [0.25, 0.3) is 0 Å². The van der Waals surface area contributed by atoms with E-state index >= 15 is 0 Å². The fourth-order valence-corrected chi connectivity index (χ4v) is 1.31. The van der Waals surface area contributed by atoms with Crippen molar-refractivity contribution >= 4 is 16.8 Å². The summed E-state index contributed by atoms with van der Waals surface area (Å²) in [6.45, 7) is 0. The van der Waals surface area contributed by atoms with Gasteiger partial charge in [0.05, 0.1) is 16.7 Å². The van der Waals surface area contributed by atoms with Crippen LogP contribution in [0, 0.1) is 17.1 Å². The third-order valence-corrected chi connectivity index (χ3v) is 1.96. The summed E-state index contributed by atoms with van der Waals surface area (Å²) in [5.41, 5.74) is -3.55. The van der Waals surface area contributed by atoms with Crippen molar-refractivity contribution in [3.05, 3.63) is 34.6 Å². The first-order chi connectivity index (χ1) is 7.29. The first-order valence-electron chi connectivity index (χ1n) is 3.78. The molecule has 16 heavy (non-hydrogen) atoms. The number of rotatable bonds is 1. The van der Waals surface area contributed by atoms with Crippen LogP contribution in [-0.4, -0.2) is 5.24 Å². The highest BCUT2D eigenvalue weighted by Crippen LogP contribution is 2.34. The number of nitrogens with zero attached hydrogens (tertiary/aromatic N) is 1. The third kappa shape index (κ3) is 2.14. The monoisotopic (exact) mass is 251 g/mol. The lowest BCUT2D eigenvalue weighted by atomic mass is 10.0. The number of benzene rings is 1. The van der Waals surface area contributed by atoms with E-state index in [9.17, 15) is 22.4 Å². The van der Waals surface area contributed by atoms with E-state index in [-0.39, 0.29) is 0 Å². The molecule has 1 rings (SSSR count). The summed E-state index contributed by atoms with van der Waals surface area (Å²) in [6.07, 6.45) is -4.85. The number of nitriles is 1. The number of hydrogen-bond acceptors (Lipinski definition) is 2. The average molecular weight is 252 g/mol. The van der Waals surface area contributed by atoms with Crippen LogP contribution in [0.5, 0.6) is 0 Å². The Morgan fingerprint density at radius 3 is 2.31 bits per heavy atom. The molecule has 2 nitrogen and oxygen atoms in total. The third-order valence-electron chi connectivity index (χ3n) is 1.77. The largest absolute Gasteiger partial charge is 0.417 e. The van der Waals surface area contributed by atoms with Gasteiger partial charge < -0.3 is 0 Å². The Bertz CT molecular complexity index is 490. The minimum atomic E-state index is -4.85. The number of alkyl halides is 3. The van der Waals surface area contributed by atoms with Gasteiger partial charge in [-0.2, -0.15) is 18.4 Å². The molecule has 0 radical (unpaired) electrons. The van der Waals surface area contributed by atoms with E-state index in [1.54, 1.807) is 0 Å². The highest BCUT2D eigenvalue weighted by atomic mass is 35.5. The molecule has 0 aliphatic heterocycles. The van der Waals surface area contributed by atoms with Crippen molar-refractivity contribution in [1.29, 1.82) is 5.26 Å². The van der Waals surface area contributed by atoms with E-state index in [1.165, 1.54) is 0 Å². The lowest BCUT2D eigenvalue weighted by Crippen LogP contribution is -2.12. The molecule has 0 spiro atoms. The van der Waals surface area contributed by atoms with Crippen LogP contribution >= 0.6 is 11.6 Å². The van der Waals surface area contributed by atoms with Crippen molar-refractivity contribution in [3.63, 3.8) is 0 Å². The molecule has 0 bridgehead atoms. The van der Waals surface area contributed by atoms with E-state index in [1.807, 2.05) is 0 Å². The molecule has 0 saturated heterocycles. The first-order valence-corrected chi connectivity index (χ1v) is 4.16. The van der Waals surface area contributed by atoms with Gasteiger partial charge in [-0.3, -0.25) is 4.79 Å². The Balaban J connectivity index is 3.64. The minimum Gasteiger partial charge on any atom is -0.275 e. The summed E-state index contributed by atoms with van der Waals surface area (Å²) in [5, 5.41) is 7.06. The van der Waals surface area contributed by atoms with Gasteiger partial charge in [0.2, 0.25) is 0 Å². The molecule has 0 aliphatic rings. The Labute approximate surface area is 92.0 Å². The minimum absolute atomic E-state index is 0.386. The maximum absolute atomic E-state index is 13.0. The molecule has 0 N–H and O–H groups in total. The van der Waals surface area contributed by atoms with Crippen molar-refractivity contribution in [2.75, 3.05) is 0 Å². The molecule has 0 unspecified atom stereocenters. The predicted octanol–water partition coefficient (Wildman–Crippen LogP) is 3.10. The van der Waals surface area contributed by atoms with Gasteiger partial charge in [0.1, 0.15) is 11.9 Å². The molecule has 0 amide bonds. The van der Waals surface area contributed by atoms with E-state index < -0.39 is 33.9 Å². The second-order valence-electron chi connectivity index (χ2n) is 2.73. The summed E-state index contributed by atoms with van der Waals surface area (Å²) >= 11 is 4.92. The summed E-state index contributed by atoms with van der Waals surface area (Å²) < 4.78 is 50.2. The number of hydrogen-bond donors (Lipinski definition) is 0. The molecule has 84 valence electrons. The number of carbonyl (C=O) groups is 1. The van der Waals surface area contributed by atoms with E-state index in [2.05, 4.69) is 0 Å². The fourth-order valence-electron chi connectivity index (χ4n) is 1.12. The molecule has 0 saturated carbocycles. The summed E-state index contributed by atoms with van der Waals surface area (Å²) in [5.74, 6) is -1.26. The first kappa shape index (κ1) is 12.5. The van der Waals surface area contributed by atoms with Crippen molar-refractivity contribution < 1.29 is 22.4 Å². The quantitative estimate of drug-likeness (QED) is 0.568. The van der Waals surface area contributed by atoms with Gasteiger partial charge >= 0.3 is 6.18 Å². The van der Waals surface area contributed by atoms with E-state index in [4.69, 9.17) is 16.9 Å². The van der Waals surface area contributed by atoms with E-state index in [0.29, 0.717) is 12.1 Å². The van der Waals surface area contributed by atoms with Crippen molar-refractivity contribution in [3.8, 4) is 6.07 Å². The standard InChI is InChI=1S/C9H2ClF4NO/c10-8(16)7-4(3-15)5(9(12,13)14)1-2-6(7)11/h1-2H. The number of carbonyl (C=O) groups excluding carboxylic acids is 1. The maximum Gasteiger partial charge on any atom is 0.417 e. The molecule has 0 fully saturated rings. The Morgan fingerprint density at radius 2 is 1.94 bits per heavy atom. The zero-order valence-corrected chi connectivity index (χ0v) is 8.16. The van der Waals surface area contributed by atoms with Crippen LogP contribution in [0.3, 0.4) is 0 Å². The van der Waals surface area contributed by atoms with Crippen LogP contribution in [0.2, 0.25) is 0 Å². The molecule has 0 aromatic heterocycles. The molecule has 0 aliphatic carbocycles. The summed E-state index contributed by atoms with van der Waals surface area (Å²) in [7, 11) is 0. The second-order valence-corrected chi connectivity index (χ2v) is 3.07. The Hall–Kier alpha value is -1.61. The zero-order valence-electron chi connectivity index (χ0n) is 7.40. The van der Waals surface area contributed by atoms with Gasteiger partial charge in [-0.15, -0.1) is 0 Å². The van der Waals surface area contributed by atoms with Gasteiger partial charge in [0.15, 0.2) is 0 Å². The van der Waals surface area contributed by atoms with Crippen molar-refractivity contribution in [1.82, 2.24) is 0 Å². The SMILES string of the molecule is N#Cc1c(C(F)(F)F)ccc(F)c1C(=O)Cl. The lowest BCUT2D eigenvalue weighted by Gasteiger charge is -2.10. The van der Waals surface area contributed by atoms with Gasteiger partial charge in [0, 0.05) is 0 Å². The van der Waals surface area contributed by atoms with Gasteiger partial charge in [-0.1, -0.05) is 0 Å². The highest BCUT2D eigenvalue weighted by Gasteiger charge is 2.36. The Morgan fingerprint density at radius 1 is 1.38 bits per heavy atom. The van der Waals surface area contributed by atoms with Crippen LogP contribution < -0.4 is 0 Å². The average Bonchev–Trinajstić information content (AvgIpc) is 2.14. The maximum atomic E-state index is 13.0. The van der Waals surface area contributed by atoms with Crippen molar-refractivity contribution in [2.24, 2.45) is 0 Å². The fraction of sp³-hybridized carbons (Fsp3) is 0.111. The molecule has 7 heteroatoms. The highest BCUT2D eigenvalue weighted by molar-refractivity contribution is 6.68. The smallest absolute Gasteiger partial charge is 0.275 e. The van der Waals surface area contributed by atoms with Gasteiger partial charge in [0.25, 0.3) is 5.24 Å². The topological polar surface area (TPSA) is 40.9 Å². The summed E-state index contributed by atoms with van der Waals surface area (Å²) in [6, 6.07) is 1.96. The summed E-state index contributed by atoms with van der Waals surface area (Å²) in [4.78, 5) is 10.7. The van der Waals surface area contributed by atoms with Crippen LogP contribution in [-0.2, 0) is 6.18 Å². The van der Waals surface area contributed by atoms with Crippen LogP contribution in [0.4, 0.5) is 17.6 Å². The number of halogens is 5. The second kappa shape index (κ2) is 4.10. The predicted molar refractivity (Wildman–Crippen MR) is 46.3 cm³/mol. The van der Waals surface area contributed by atoms with Crippen molar-refractivity contribution in [2.45, 2.75) is 6.18 Å². The van der Waals surface area contributed by atoms with E-state index in [0.717, 1.165) is 6.07 Å².